The lowest BCUT2D eigenvalue weighted by Crippen LogP contribution is -2.37. The van der Waals surface area contributed by atoms with Crippen molar-refractivity contribution in [2.24, 2.45) is 0 Å². The Morgan fingerprint density at radius 2 is 2.10 bits per heavy atom. The molecule has 0 spiro atoms. The summed E-state index contributed by atoms with van der Waals surface area (Å²) in [6.45, 7) is 6.49. The van der Waals surface area contributed by atoms with E-state index in [0.29, 0.717) is 0 Å². The van der Waals surface area contributed by atoms with Crippen molar-refractivity contribution in [2.45, 2.75) is 39.2 Å². The van der Waals surface area contributed by atoms with E-state index >= 15 is 0 Å². The topological polar surface area (TPSA) is 12.0 Å². The molecule has 0 heterocycles. The molecule has 0 saturated heterocycles. The number of hydrogen-bond donors (Lipinski definition) is 1. The van der Waals surface area contributed by atoms with Crippen LogP contribution in [-0.2, 0) is 0 Å². The van der Waals surface area contributed by atoms with E-state index in [1.165, 1.54) is 12.8 Å². The molecule has 0 aromatic rings. The monoisotopic (exact) mass is 141 g/mol. The molecule has 1 unspecified atom stereocenters. The van der Waals surface area contributed by atoms with E-state index in [1.54, 1.807) is 0 Å². The van der Waals surface area contributed by atoms with Crippen molar-refractivity contribution in [1.29, 1.82) is 0 Å². The van der Waals surface area contributed by atoms with Crippen molar-refractivity contribution in [2.75, 3.05) is 7.05 Å². The van der Waals surface area contributed by atoms with Gasteiger partial charge in [0, 0.05) is 5.54 Å². The fourth-order valence-corrected chi connectivity index (χ4v) is 1.18. The number of hydrogen-bond acceptors (Lipinski definition) is 1. The van der Waals surface area contributed by atoms with E-state index in [2.05, 4.69) is 38.2 Å². The van der Waals surface area contributed by atoms with Crippen molar-refractivity contribution in [3.8, 4) is 0 Å². The van der Waals surface area contributed by atoms with Crippen molar-refractivity contribution < 1.29 is 0 Å². The second kappa shape index (κ2) is 4.51. The van der Waals surface area contributed by atoms with E-state index in [0.717, 1.165) is 0 Å². The molecule has 0 aromatic heterocycles. The molecule has 0 aliphatic rings. The first-order chi connectivity index (χ1) is 4.68. The number of likely N-dealkylation sites (N-methyl/N-ethyl adjacent to an activating group) is 1. The van der Waals surface area contributed by atoms with Crippen molar-refractivity contribution >= 4 is 0 Å². The number of rotatable bonds is 4. The molecule has 0 fully saturated rings. The van der Waals surface area contributed by atoms with Gasteiger partial charge in [0.15, 0.2) is 0 Å². The molecule has 10 heavy (non-hydrogen) atoms. The first kappa shape index (κ1) is 9.70. The summed E-state index contributed by atoms with van der Waals surface area (Å²) in [4.78, 5) is 0. The fourth-order valence-electron chi connectivity index (χ4n) is 1.18. The van der Waals surface area contributed by atoms with Crippen LogP contribution in [0.3, 0.4) is 0 Å². The maximum atomic E-state index is 3.29. The van der Waals surface area contributed by atoms with Gasteiger partial charge in [-0.05, 0) is 27.3 Å². The van der Waals surface area contributed by atoms with E-state index in [4.69, 9.17) is 0 Å². The van der Waals surface area contributed by atoms with Crippen LogP contribution in [0.15, 0.2) is 12.2 Å². The Hall–Kier alpha value is -0.300. The highest BCUT2D eigenvalue weighted by atomic mass is 14.9. The van der Waals surface area contributed by atoms with Crippen molar-refractivity contribution in [3.63, 3.8) is 0 Å². The molecule has 0 saturated carbocycles. The molecule has 1 atom stereocenters. The molecule has 1 heteroatoms. The van der Waals surface area contributed by atoms with Gasteiger partial charge in [-0.3, -0.25) is 0 Å². The highest BCUT2D eigenvalue weighted by Gasteiger charge is 2.14. The first-order valence-corrected chi connectivity index (χ1v) is 4.01. The lowest BCUT2D eigenvalue weighted by Gasteiger charge is -2.24. The average Bonchev–Trinajstić information content (AvgIpc) is 1.89. The van der Waals surface area contributed by atoms with Gasteiger partial charge >= 0.3 is 0 Å². The summed E-state index contributed by atoms with van der Waals surface area (Å²) in [6.07, 6.45) is 6.75. The zero-order chi connectivity index (χ0) is 8.04. The Kier molecular flexibility index (Phi) is 4.37. The zero-order valence-corrected chi connectivity index (χ0v) is 7.57. The third-order valence-corrected chi connectivity index (χ3v) is 1.87. The zero-order valence-electron chi connectivity index (χ0n) is 7.57. The predicted molar refractivity (Wildman–Crippen MR) is 47.2 cm³/mol. The Morgan fingerprint density at radius 3 is 2.40 bits per heavy atom. The molecule has 0 radical (unpaired) electrons. The van der Waals surface area contributed by atoms with Crippen LogP contribution in [0.1, 0.15) is 33.6 Å². The van der Waals surface area contributed by atoms with E-state index < -0.39 is 0 Å². The summed E-state index contributed by atoms with van der Waals surface area (Å²) in [5, 5.41) is 3.29. The maximum Gasteiger partial charge on any atom is 0.0332 e. The van der Waals surface area contributed by atoms with Gasteiger partial charge < -0.3 is 5.32 Å². The van der Waals surface area contributed by atoms with Gasteiger partial charge in [-0.15, -0.1) is 0 Å². The molecule has 0 amide bonds. The average molecular weight is 141 g/mol. The van der Waals surface area contributed by atoms with Crippen LogP contribution < -0.4 is 5.32 Å². The SMILES string of the molecule is C/C=C/C(C)(CCC)NC. The molecule has 60 valence electrons. The lowest BCUT2D eigenvalue weighted by molar-refractivity contribution is 0.438. The van der Waals surface area contributed by atoms with Crippen LogP contribution in [-0.4, -0.2) is 12.6 Å². The van der Waals surface area contributed by atoms with Gasteiger partial charge in [0.25, 0.3) is 0 Å². The third kappa shape index (κ3) is 3.02. The van der Waals surface area contributed by atoms with Gasteiger partial charge in [-0.25, -0.2) is 0 Å². The predicted octanol–water partition coefficient (Wildman–Crippen LogP) is 2.34. The van der Waals surface area contributed by atoms with Crippen LogP contribution in [0, 0.1) is 0 Å². The highest BCUT2D eigenvalue weighted by molar-refractivity contribution is 5.01. The Balaban J connectivity index is 3.94. The minimum absolute atomic E-state index is 0.212. The van der Waals surface area contributed by atoms with E-state index in [9.17, 15) is 0 Å². The quantitative estimate of drug-likeness (QED) is 0.592. The van der Waals surface area contributed by atoms with Crippen molar-refractivity contribution in [1.82, 2.24) is 5.32 Å². The van der Waals surface area contributed by atoms with Gasteiger partial charge in [0.05, 0.1) is 0 Å². The van der Waals surface area contributed by atoms with Gasteiger partial charge in [-0.1, -0.05) is 25.5 Å². The molecule has 0 aliphatic carbocycles. The van der Waals surface area contributed by atoms with Crippen LogP contribution in [0.4, 0.5) is 0 Å². The summed E-state index contributed by atoms with van der Waals surface area (Å²) in [6, 6.07) is 0. The molecule has 0 rings (SSSR count). The minimum Gasteiger partial charge on any atom is -0.311 e. The smallest absolute Gasteiger partial charge is 0.0332 e. The maximum absolute atomic E-state index is 3.29. The number of nitrogens with one attached hydrogen (secondary N) is 1. The van der Waals surface area contributed by atoms with Gasteiger partial charge in [0.2, 0.25) is 0 Å². The summed E-state index contributed by atoms with van der Waals surface area (Å²) in [7, 11) is 2.01. The largest absolute Gasteiger partial charge is 0.311 e. The normalized spacial score (nSPS) is 17.6. The lowest BCUT2D eigenvalue weighted by atomic mass is 9.96. The fraction of sp³-hybridized carbons (Fsp3) is 0.778. The summed E-state index contributed by atoms with van der Waals surface area (Å²) < 4.78 is 0. The molecule has 0 aliphatic heterocycles. The van der Waals surface area contributed by atoms with Crippen LogP contribution in [0.2, 0.25) is 0 Å². The van der Waals surface area contributed by atoms with E-state index in [-0.39, 0.29) is 5.54 Å². The first-order valence-electron chi connectivity index (χ1n) is 4.01. The van der Waals surface area contributed by atoms with Crippen LogP contribution in [0.25, 0.3) is 0 Å². The molecule has 0 bridgehead atoms. The summed E-state index contributed by atoms with van der Waals surface area (Å²) in [5.74, 6) is 0. The molecular formula is C9H19N. The number of allylic oxidation sites excluding steroid dienone is 1. The molecule has 1 nitrogen and oxygen atoms in total. The van der Waals surface area contributed by atoms with Crippen LogP contribution in [0.5, 0.6) is 0 Å². The minimum atomic E-state index is 0.212. The second-order valence-corrected chi connectivity index (χ2v) is 2.92. The third-order valence-electron chi connectivity index (χ3n) is 1.87. The van der Waals surface area contributed by atoms with Gasteiger partial charge in [0.1, 0.15) is 0 Å². The standard InChI is InChI=1S/C9H19N/c1-5-7-9(3,10-4)8-6-2/h5,7,10H,6,8H2,1-4H3/b7-5+. The summed E-state index contributed by atoms with van der Waals surface area (Å²) in [5.41, 5.74) is 0.212. The summed E-state index contributed by atoms with van der Waals surface area (Å²) >= 11 is 0. The van der Waals surface area contributed by atoms with E-state index in [1.807, 2.05) is 7.05 Å². The van der Waals surface area contributed by atoms with Crippen LogP contribution >= 0.6 is 0 Å². The van der Waals surface area contributed by atoms with Gasteiger partial charge in [-0.2, -0.15) is 0 Å². The molecule has 1 N–H and O–H groups in total. The Bertz CT molecular complexity index is 107. The second-order valence-electron chi connectivity index (χ2n) is 2.92. The molecule has 0 aromatic carbocycles. The highest BCUT2D eigenvalue weighted by Crippen LogP contribution is 2.12. The Morgan fingerprint density at radius 1 is 1.50 bits per heavy atom. The van der Waals surface area contributed by atoms with Crippen molar-refractivity contribution in [3.05, 3.63) is 12.2 Å². The molecular weight excluding hydrogens is 122 g/mol. The Labute approximate surface area is 64.5 Å².